The molecule has 0 amide bonds. The zero-order valence-corrected chi connectivity index (χ0v) is 13.7. The number of rotatable bonds is 7. The third kappa shape index (κ3) is 3.58. The largest absolute Gasteiger partial charge is 0.396 e. The third-order valence-electron chi connectivity index (χ3n) is 3.16. The van der Waals surface area contributed by atoms with Gasteiger partial charge in [-0.2, -0.15) is 0 Å². The second-order valence-corrected chi connectivity index (χ2v) is 6.85. The van der Waals surface area contributed by atoms with Crippen LogP contribution in [0.2, 0.25) is 0 Å². The summed E-state index contributed by atoms with van der Waals surface area (Å²) in [5.74, 6) is 1.78. The Morgan fingerprint density at radius 3 is 2.68 bits per heavy atom. The SMILES string of the molecule is OCCCSc1nnc(Cc2cccs2)n1-c1ccccc1. The lowest BCUT2D eigenvalue weighted by Gasteiger charge is -2.09. The van der Waals surface area contributed by atoms with E-state index in [1.807, 2.05) is 18.2 Å². The number of thioether (sulfide) groups is 1. The number of para-hydroxylation sites is 1. The van der Waals surface area contributed by atoms with Crippen molar-refractivity contribution in [3.8, 4) is 5.69 Å². The van der Waals surface area contributed by atoms with Crippen LogP contribution in [0.25, 0.3) is 5.69 Å². The second-order valence-electron chi connectivity index (χ2n) is 4.75. The van der Waals surface area contributed by atoms with Crippen molar-refractivity contribution >= 4 is 23.1 Å². The summed E-state index contributed by atoms with van der Waals surface area (Å²) < 4.78 is 2.11. The van der Waals surface area contributed by atoms with Crippen LogP contribution in [-0.4, -0.2) is 32.2 Å². The first-order chi connectivity index (χ1) is 10.9. The Balaban J connectivity index is 1.92. The van der Waals surface area contributed by atoms with Crippen LogP contribution in [-0.2, 0) is 6.42 Å². The normalized spacial score (nSPS) is 11.0. The molecule has 0 fully saturated rings. The zero-order chi connectivity index (χ0) is 15.2. The van der Waals surface area contributed by atoms with E-state index in [0.717, 1.165) is 35.3 Å². The van der Waals surface area contributed by atoms with Crippen LogP contribution in [0.1, 0.15) is 17.1 Å². The van der Waals surface area contributed by atoms with Gasteiger partial charge in [0.1, 0.15) is 5.82 Å². The van der Waals surface area contributed by atoms with E-state index >= 15 is 0 Å². The van der Waals surface area contributed by atoms with E-state index in [9.17, 15) is 0 Å². The molecule has 4 nitrogen and oxygen atoms in total. The first kappa shape index (κ1) is 15.3. The van der Waals surface area contributed by atoms with E-state index in [0.29, 0.717) is 0 Å². The molecule has 3 aromatic rings. The van der Waals surface area contributed by atoms with Crippen LogP contribution in [0, 0.1) is 0 Å². The molecule has 1 N–H and O–H groups in total. The summed E-state index contributed by atoms with van der Waals surface area (Å²) in [5.41, 5.74) is 1.07. The van der Waals surface area contributed by atoms with Crippen LogP contribution >= 0.6 is 23.1 Å². The molecule has 0 aliphatic rings. The molecule has 0 atom stereocenters. The fraction of sp³-hybridized carbons (Fsp3) is 0.250. The molecule has 0 saturated heterocycles. The number of nitrogens with zero attached hydrogens (tertiary/aromatic N) is 3. The first-order valence-electron chi connectivity index (χ1n) is 7.14. The summed E-state index contributed by atoms with van der Waals surface area (Å²) >= 11 is 3.36. The molecule has 1 aromatic carbocycles. The van der Waals surface area contributed by atoms with Crippen molar-refractivity contribution in [1.82, 2.24) is 14.8 Å². The Kier molecular flexibility index (Phi) is 5.26. The van der Waals surface area contributed by atoms with Crippen LogP contribution in [0.5, 0.6) is 0 Å². The van der Waals surface area contributed by atoms with Crippen molar-refractivity contribution in [2.24, 2.45) is 0 Å². The van der Waals surface area contributed by atoms with E-state index in [-0.39, 0.29) is 6.61 Å². The highest BCUT2D eigenvalue weighted by atomic mass is 32.2. The van der Waals surface area contributed by atoms with Gasteiger partial charge in [0.25, 0.3) is 0 Å². The number of hydrogen-bond donors (Lipinski definition) is 1. The summed E-state index contributed by atoms with van der Waals surface area (Å²) in [6.07, 6.45) is 1.53. The fourth-order valence-corrected chi connectivity index (χ4v) is 3.74. The van der Waals surface area contributed by atoms with E-state index in [1.165, 1.54) is 4.88 Å². The number of aromatic nitrogens is 3. The monoisotopic (exact) mass is 331 g/mol. The average Bonchev–Trinajstić information content (AvgIpc) is 3.19. The molecule has 6 heteroatoms. The molecule has 3 rings (SSSR count). The predicted octanol–water partition coefficient (Wildman–Crippen LogP) is 3.39. The van der Waals surface area contributed by atoms with Crippen molar-refractivity contribution in [2.45, 2.75) is 18.0 Å². The number of benzene rings is 1. The lowest BCUT2D eigenvalue weighted by Crippen LogP contribution is -2.03. The highest BCUT2D eigenvalue weighted by Crippen LogP contribution is 2.24. The number of aliphatic hydroxyl groups is 1. The average molecular weight is 331 g/mol. The van der Waals surface area contributed by atoms with Crippen molar-refractivity contribution in [3.63, 3.8) is 0 Å². The molecule has 2 aromatic heterocycles. The lowest BCUT2D eigenvalue weighted by molar-refractivity contribution is 0.296. The van der Waals surface area contributed by atoms with Gasteiger partial charge in [-0.1, -0.05) is 36.0 Å². The van der Waals surface area contributed by atoms with Gasteiger partial charge in [-0.05, 0) is 30.0 Å². The van der Waals surface area contributed by atoms with E-state index in [2.05, 4.69) is 44.4 Å². The maximum absolute atomic E-state index is 8.95. The van der Waals surface area contributed by atoms with Crippen molar-refractivity contribution < 1.29 is 5.11 Å². The molecule has 0 radical (unpaired) electrons. The molecule has 22 heavy (non-hydrogen) atoms. The standard InChI is InChI=1S/C16H17N3OS2/c20-9-5-11-22-16-18-17-15(12-14-8-4-10-21-14)19(16)13-6-2-1-3-7-13/h1-4,6-8,10,20H,5,9,11-12H2. The van der Waals surface area contributed by atoms with Crippen LogP contribution in [0.3, 0.4) is 0 Å². The van der Waals surface area contributed by atoms with Crippen molar-refractivity contribution in [2.75, 3.05) is 12.4 Å². The van der Waals surface area contributed by atoms with Gasteiger partial charge in [-0.25, -0.2) is 0 Å². The smallest absolute Gasteiger partial charge is 0.195 e. The minimum atomic E-state index is 0.203. The van der Waals surface area contributed by atoms with Gasteiger partial charge in [-0.3, -0.25) is 4.57 Å². The Bertz CT molecular complexity index is 696. The Hall–Kier alpha value is -1.63. The highest BCUT2D eigenvalue weighted by Gasteiger charge is 2.14. The number of thiophene rings is 1. The van der Waals surface area contributed by atoms with E-state index in [1.54, 1.807) is 23.1 Å². The molecular formula is C16H17N3OS2. The molecule has 2 heterocycles. The van der Waals surface area contributed by atoms with Gasteiger partial charge in [0.15, 0.2) is 5.16 Å². The summed E-state index contributed by atoms with van der Waals surface area (Å²) in [4.78, 5) is 1.27. The molecule has 0 aliphatic heterocycles. The van der Waals surface area contributed by atoms with Crippen molar-refractivity contribution in [3.05, 3.63) is 58.5 Å². The summed E-state index contributed by atoms with van der Waals surface area (Å²) in [6, 6.07) is 14.4. The van der Waals surface area contributed by atoms with Crippen LogP contribution in [0.15, 0.2) is 53.0 Å². The summed E-state index contributed by atoms with van der Waals surface area (Å²) in [6.45, 7) is 0.203. The highest BCUT2D eigenvalue weighted by molar-refractivity contribution is 7.99. The van der Waals surface area contributed by atoms with E-state index in [4.69, 9.17) is 5.11 Å². The van der Waals surface area contributed by atoms with Gasteiger partial charge < -0.3 is 5.11 Å². The Labute approximate surface area is 137 Å². The Morgan fingerprint density at radius 1 is 1.09 bits per heavy atom. The Morgan fingerprint density at radius 2 is 1.95 bits per heavy atom. The van der Waals surface area contributed by atoms with Gasteiger partial charge in [0.2, 0.25) is 0 Å². The molecule has 0 saturated carbocycles. The molecule has 0 aliphatic carbocycles. The zero-order valence-electron chi connectivity index (χ0n) is 12.1. The number of aliphatic hydroxyl groups excluding tert-OH is 1. The molecule has 0 bridgehead atoms. The summed E-state index contributed by atoms with van der Waals surface area (Å²) in [7, 11) is 0. The quantitative estimate of drug-likeness (QED) is 0.532. The van der Waals surface area contributed by atoms with E-state index < -0.39 is 0 Å². The number of hydrogen-bond acceptors (Lipinski definition) is 5. The molecular weight excluding hydrogens is 314 g/mol. The van der Waals surface area contributed by atoms with Crippen LogP contribution < -0.4 is 0 Å². The maximum atomic E-state index is 8.95. The predicted molar refractivity (Wildman–Crippen MR) is 90.9 cm³/mol. The second kappa shape index (κ2) is 7.58. The minimum absolute atomic E-state index is 0.203. The molecule has 114 valence electrons. The maximum Gasteiger partial charge on any atom is 0.195 e. The van der Waals surface area contributed by atoms with Crippen molar-refractivity contribution in [1.29, 1.82) is 0 Å². The van der Waals surface area contributed by atoms with Crippen LogP contribution in [0.4, 0.5) is 0 Å². The van der Waals surface area contributed by atoms with Gasteiger partial charge in [-0.15, -0.1) is 21.5 Å². The molecule has 0 spiro atoms. The topological polar surface area (TPSA) is 50.9 Å². The minimum Gasteiger partial charge on any atom is -0.396 e. The molecule has 0 unspecified atom stereocenters. The fourth-order valence-electron chi connectivity index (χ4n) is 2.14. The van der Waals surface area contributed by atoms with Gasteiger partial charge in [0.05, 0.1) is 0 Å². The third-order valence-corrected chi connectivity index (χ3v) is 5.05. The first-order valence-corrected chi connectivity index (χ1v) is 9.01. The lowest BCUT2D eigenvalue weighted by atomic mass is 10.3. The summed E-state index contributed by atoms with van der Waals surface area (Å²) in [5, 5.41) is 20.6. The van der Waals surface area contributed by atoms with Gasteiger partial charge >= 0.3 is 0 Å². The van der Waals surface area contributed by atoms with Gasteiger partial charge in [0, 0.05) is 29.3 Å².